The van der Waals surface area contributed by atoms with Gasteiger partial charge in [-0.25, -0.2) is 0 Å². The summed E-state index contributed by atoms with van der Waals surface area (Å²) in [4.78, 5) is 25.8. The monoisotopic (exact) mass is 339 g/mol. The van der Waals surface area contributed by atoms with Crippen molar-refractivity contribution >= 4 is 27.7 Å². The molecule has 108 valence electrons. The molecule has 20 heavy (non-hydrogen) atoms. The molecule has 1 aromatic rings. The van der Waals surface area contributed by atoms with E-state index in [4.69, 9.17) is 0 Å². The van der Waals surface area contributed by atoms with E-state index in [0.29, 0.717) is 18.7 Å². The fourth-order valence-electron chi connectivity index (χ4n) is 2.13. The number of carbonyl (C=O) groups is 2. The third-order valence-electron chi connectivity index (χ3n) is 3.38. The Morgan fingerprint density at radius 1 is 1.35 bits per heavy atom. The summed E-state index contributed by atoms with van der Waals surface area (Å²) in [6.07, 6.45) is 0. The summed E-state index contributed by atoms with van der Waals surface area (Å²) in [6.45, 7) is 4.94. The van der Waals surface area contributed by atoms with E-state index in [1.54, 1.807) is 11.0 Å². The number of hydrogen-bond donors (Lipinski definition) is 2. The molecule has 0 unspecified atom stereocenters. The second kappa shape index (κ2) is 6.85. The van der Waals surface area contributed by atoms with Gasteiger partial charge >= 0.3 is 0 Å². The van der Waals surface area contributed by atoms with Crippen LogP contribution < -0.4 is 10.6 Å². The minimum absolute atomic E-state index is 0.0347. The first-order chi connectivity index (χ1) is 9.59. The van der Waals surface area contributed by atoms with Crippen LogP contribution in [0.5, 0.6) is 0 Å². The summed E-state index contributed by atoms with van der Waals surface area (Å²) in [7, 11) is 0. The van der Waals surface area contributed by atoms with Crippen LogP contribution in [0.1, 0.15) is 15.9 Å². The number of halogens is 1. The maximum absolute atomic E-state index is 12.1. The molecular weight excluding hydrogens is 322 g/mol. The zero-order chi connectivity index (χ0) is 14.5. The van der Waals surface area contributed by atoms with Gasteiger partial charge in [0, 0.05) is 36.2 Å². The molecule has 2 amide bonds. The van der Waals surface area contributed by atoms with Gasteiger partial charge in [0.25, 0.3) is 5.91 Å². The van der Waals surface area contributed by atoms with Gasteiger partial charge in [-0.3, -0.25) is 9.59 Å². The summed E-state index contributed by atoms with van der Waals surface area (Å²) >= 11 is 3.39. The summed E-state index contributed by atoms with van der Waals surface area (Å²) in [5, 5.41) is 5.88. The number of hydrogen-bond acceptors (Lipinski definition) is 3. The average molecular weight is 340 g/mol. The Morgan fingerprint density at radius 3 is 2.75 bits per heavy atom. The lowest BCUT2D eigenvalue weighted by Crippen LogP contribution is -2.49. The maximum Gasteiger partial charge on any atom is 0.252 e. The van der Waals surface area contributed by atoms with Gasteiger partial charge < -0.3 is 15.5 Å². The van der Waals surface area contributed by atoms with Crippen LogP contribution in [0, 0.1) is 6.92 Å². The van der Waals surface area contributed by atoms with Gasteiger partial charge in [0.2, 0.25) is 5.91 Å². The number of piperazine rings is 1. The van der Waals surface area contributed by atoms with E-state index in [9.17, 15) is 9.59 Å². The first-order valence-electron chi connectivity index (χ1n) is 6.61. The van der Waals surface area contributed by atoms with Gasteiger partial charge in [0.1, 0.15) is 0 Å². The highest BCUT2D eigenvalue weighted by molar-refractivity contribution is 9.10. The first kappa shape index (κ1) is 15.0. The molecule has 1 heterocycles. The van der Waals surface area contributed by atoms with E-state index >= 15 is 0 Å². The molecule has 0 spiro atoms. The molecule has 0 radical (unpaired) electrons. The van der Waals surface area contributed by atoms with Crippen LogP contribution in [0.3, 0.4) is 0 Å². The lowest BCUT2D eigenvalue weighted by atomic mass is 10.1. The highest BCUT2D eigenvalue weighted by Crippen LogP contribution is 2.19. The van der Waals surface area contributed by atoms with Crippen molar-refractivity contribution < 1.29 is 9.59 Å². The summed E-state index contributed by atoms with van der Waals surface area (Å²) < 4.78 is 0.888. The molecule has 1 aliphatic heterocycles. The molecule has 0 atom stereocenters. The smallest absolute Gasteiger partial charge is 0.252 e. The molecule has 1 aromatic carbocycles. The van der Waals surface area contributed by atoms with Crippen LogP contribution in [0.15, 0.2) is 22.7 Å². The summed E-state index contributed by atoms with van der Waals surface area (Å²) in [5.41, 5.74) is 1.46. The Kier molecular flexibility index (Phi) is 5.14. The third-order valence-corrected chi connectivity index (χ3v) is 4.24. The Labute approximate surface area is 126 Å². The zero-order valence-corrected chi connectivity index (χ0v) is 13.0. The highest BCUT2D eigenvalue weighted by Gasteiger charge is 2.17. The molecule has 2 N–H and O–H groups in total. The maximum atomic E-state index is 12.1. The number of rotatable bonds is 3. The Morgan fingerprint density at radius 2 is 2.05 bits per heavy atom. The van der Waals surface area contributed by atoms with Gasteiger partial charge in [0.05, 0.1) is 6.54 Å². The predicted octanol–water partition coefficient (Wildman–Crippen LogP) is 0.919. The molecule has 0 bridgehead atoms. The number of nitrogens with one attached hydrogen (secondary N) is 2. The highest BCUT2D eigenvalue weighted by atomic mass is 79.9. The minimum atomic E-state index is -0.215. The topological polar surface area (TPSA) is 61.4 Å². The van der Waals surface area contributed by atoms with Gasteiger partial charge in [-0.2, -0.15) is 0 Å². The van der Waals surface area contributed by atoms with Crippen LogP contribution in [-0.2, 0) is 4.79 Å². The van der Waals surface area contributed by atoms with E-state index in [1.807, 2.05) is 19.1 Å². The number of carbonyl (C=O) groups excluding carboxylic acids is 2. The second-order valence-electron chi connectivity index (χ2n) is 4.73. The van der Waals surface area contributed by atoms with Crippen molar-refractivity contribution in [2.75, 3.05) is 32.7 Å². The van der Waals surface area contributed by atoms with Crippen LogP contribution in [0.4, 0.5) is 0 Å². The number of nitrogens with zero attached hydrogens (tertiary/aromatic N) is 1. The van der Waals surface area contributed by atoms with Gasteiger partial charge in [-0.1, -0.05) is 22.0 Å². The fraction of sp³-hybridized carbons (Fsp3) is 0.429. The molecule has 1 fully saturated rings. The SMILES string of the molecule is Cc1c(Br)cccc1C(=O)NCC(=O)N1CCNCC1. The first-order valence-corrected chi connectivity index (χ1v) is 7.40. The van der Waals surface area contributed by atoms with Crippen molar-refractivity contribution in [3.8, 4) is 0 Å². The van der Waals surface area contributed by atoms with Gasteiger partial charge in [-0.15, -0.1) is 0 Å². The molecule has 0 aromatic heterocycles. The predicted molar refractivity (Wildman–Crippen MR) is 80.7 cm³/mol. The Balaban J connectivity index is 1.91. The molecule has 1 saturated heterocycles. The standard InChI is InChI=1S/C14H18BrN3O2/c1-10-11(3-2-4-12(10)15)14(20)17-9-13(19)18-7-5-16-6-8-18/h2-4,16H,5-9H2,1H3,(H,17,20). The second-order valence-corrected chi connectivity index (χ2v) is 5.58. The lowest BCUT2D eigenvalue weighted by Gasteiger charge is -2.27. The molecule has 6 heteroatoms. The van der Waals surface area contributed by atoms with Crippen LogP contribution in [0.25, 0.3) is 0 Å². The van der Waals surface area contributed by atoms with Crippen LogP contribution in [-0.4, -0.2) is 49.4 Å². The molecule has 0 saturated carbocycles. The van der Waals surface area contributed by atoms with Gasteiger partial charge in [0.15, 0.2) is 0 Å². The van der Waals surface area contributed by atoms with Crippen molar-refractivity contribution in [2.45, 2.75) is 6.92 Å². The van der Waals surface area contributed by atoms with E-state index in [0.717, 1.165) is 23.1 Å². The molecule has 5 nitrogen and oxygen atoms in total. The molecular formula is C14H18BrN3O2. The number of benzene rings is 1. The third kappa shape index (κ3) is 3.58. The van der Waals surface area contributed by atoms with E-state index in [1.165, 1.54) is 0 Å². The number of amides is 2. The van der Waals surface area contributed by atoms with Crippen molar-refractivity contribution in [1.29, 1.82) is 0 Å². The summed E-state index contributed by atoms with van der Waals surface area (Å²) in [6, 6.07) is 5.45. The van der Waals surface area contributed by atoms with E-state index in [-0.39, 0.29) is 18.4 Å². The van der Waals surface area contributed by atoms with Crippen molar-refractivity contribution in [1.82, 2.24) is 15.5 Å². The van der Waals surface area contributed by atoms with Crippen molar-refractivity contribution in [3.05, 3.63) is 33.8 Å². The summed E-state index contributed by atoms with van der Waals surface area (Å²) in [5.74, 6) is -0.250. The zero-order valence-electron chi connectivity index (χ0n) is 11.4. The van der Waals surface area contributed by atoms with Crippen LogP contribution in [0.2, 0.25) is 0 Å². The lowest BCUT2D eigenvalue weighted by molar-refractivity contribution is -0.130. The molecule has 0 aliphatic carbocycles. The molecule has 2 rings (SSSR count). The average Bonchev–Trinajstić information content (AvgIpc) is 2.48. The van der Waals surface area contributed by atoms with Gasteiger partial charge in [-0.05, 0) is 24.6 Å². The fourth-order valence-corrected chi connectivity index (χ4v) is 2.50. The van der Waals surface area contributed by atoms with Crippen LogP contribution >= 0.6 is 15.9 Å². The largest absolute Gasteiger partial charge is 0.343 e. The van der Waals surface area contributed by atoms with E-state index in [2.05, 4.69) is 26.6 Å². The Bertz CT molecular complexity index is 513. The minimum Gasteiger partial charge on any atom is -0.343 e. The van der Waals surface area contributed by atoms with Crippen molar-refractivity contribution in [3.63, 3.8) is 0 Å². The normalized spacial score (nSPS) is 15.0. The molecule has 1 aliphatic rings. The van der Waals surface area contributed by atoms with E-state index < -0.39 is 0 Å². The Hall–Kier alpha value is -1.40. The van der Waals surface area contributed by atoms with Crippen molar-refractivity contribution in [2.24, 2.45) is 0 Å². The quantitative estimate of drug-likeness (QED) is 0.860.